The molecule has 1 aliphatic heterocycles. The van der Waals surface area contributed by atoms with E-state index in [1.807, 2.05) is 26.0 Å². The van der Waals surface area contributed by atoms with Gasteiger partial charge in [0.25, 0.3) is 5.91 Å². The van der Waals surface area contributed by atoms with Gasteiger partial charge in [0, 0.05) is 24.5 Å². The van der Waals surface area contributed by atoms with Crippen LogP contribution >= 0.6 is 0 Å². The highest BCUT2D eigenvalue weighted by molar-refractivity contribution is 5.99. The van der Waals surface area contributed by atoms with Crippen LogP contribution in [-0.4, -0.2) is 35.3 Å². The predicted molar refractivity (Wildman–Crippen MR) is 91.2 cm³/mol. The van der Waals surface area contributed by atoms with Gasteiger partial charge in [0.05, 0.1) is 6.10 Å². The fourth-order valence-electron chi connectivity index (χ4n) is 2.82. The van der Waals surface area contributed by atoms with Crippen molar-refractivity contribution >= 4 is 18.0 Å². The highest BCUT2D eigenvalue weighted by Crippen LogP contribution is 2.22. The number of nitrogens with zero attached hydrogens (tertiary/aromatic N) is 2. The first-order chi connectivity index (χ1) is 11.8. The van der Waals surface area contributed by atoms with Gasteiger partial charge in [-0.3, -0.25) is 4.79 Å². The molecule has 0 aromatic carbocycles. The van der Waals surface area contributed by atoms with Crippen molar-refractivity contribution in [2.75, 3.05) is 6.61 Å². The first kappa shape index (κ1) is 18.7. The minimum absolute atomic E-state index is 0.175. The molecule has 134 valence electrons. The predicted octanol–water partition coefficient (Wildman–Crippen LogP) is 1.61. The molecule has 0 bridgehead atoms. The van der Waals surface area contributed by atoms with Gasteiger partial charge < -0.3 is 19.8 Å². The number of nitrogens with two attached hydrogens (primary N) is 1. The van der Waals surface area contributed by atoms with Crippen LogP contribution in [0.2, 0.25) is 0 Å². The molecule has 2 atom stereocenters. The summed E-state index contributed by atoms with van der Waals surface area (Å²) in [5.74, 6) is -1.63. The lowest BCUT2D eigenvalue weighted by atomic mass is 10.1. The van der Waals surface area contributed by atoms with Gasteiger partial charge >= 0.3 is 5.97 Å². The summed E-state index contributed by atoms with van der Waals surface area (Å²) in [4.78, 5) is 23.0. The Labute approximate surface area is 147 Å². The lowest BCUT2D eigenvalue weighted by Crippen LogP contribution is -2.30. The molecule has 0 aliphatic carbocycles. The van der Waals surface area contributed by atoms with Gasteiger partial charge in [0.15, 0.2) is 6.10 Å². The number of carbonyl (C=O) groups is 2. The van der Waals surface area contributed by atoms with Crippen LogP contribution in [0.4, 0.5) is 0 Å². The molecule has 2 N–H and O–H groups in total. The minimum Gasteiger partial charge on any atom is -0.448 e. The van der Waals surface area contributed by atoms with Crippen molar-refractivity contribution in [2.24, 2.45) is 5.73 Å². The summed E-state index contributed by atoms with van der Waals surface area (Å²) in [6, 6.07) is 3.73. The lowest BCUT2D eigenvalue weighted by molar-refractivity contribution is -0.149. The second-order valence-corrected chi connectivity index (χ2v) is 6.19. The molecule has 1 fully saturated rings. The number of carbonyl (C=O) groups excluding carboxylic acids is 2. The zero-order valence-electron chi connectivity index (χ0n) is 14.7. The van der Waals surface area contributed by atoms with Crippen molar-refractivity contribution in [1.29, 1.82) is 5.26 Å². The highest BCUT2D eigenvalue weighted by atomic mass is 16.5. The van der Waals surface area contributed by atoms with Crippen LogP contribution in [0.15, 0.2) is 11.6 Å². The van der Waals surface area contributed by atoms with E-state index < -0.39 is 18.0 Å². The Morgan fingerprint density at radius 2 is 2.28 bits per heavy atom. The summed E-state index contributed by atoms with van der Waals surface area (Å²) in [5.41, 5.74) is 7.62. The lowest BCUT2D eigenvalue weighted by Gasteiger charge is -2.14. The first-order valence-corrected chi connectivity index (χ1v) is 8.24. The zero-order valence-corrected chi connectivity index (χ0v) is 14.7. The normalized spacial score (nSPS) is 18.6. The highest BCUT2D eigenvalue weighted by Gasteiger charge is 2.21. The molecule has 7 heteroatoms. The third kappa shape index (κ3) is 4.48. The van der Waals surface area contributed by atoms with Crippen molar-refractivity contribution in [3.05, 3.63) is 28.6 Å². The van der Waals surface area contributed by atoms with Crippen LogP contribution in [0.3, 0.4) is 0 Å². The quantitative estimate of drug-likeness (QED) is 0.479. The van der Waals surface area contributed by atoms with E-state index in [4.69, 9.17) is 15.2 Å². The molecule has 1 saturated heterocycles. The maximum Gasteiger partial charge on any atom is 0.349 e. The van der Waals surface area contributed by atoms with Crippen molar-refractivity contribution in [1.82, 2.24) is 4.57 Å². The molecular formula is C18H23N3O4. The Morgan fingerprint density at radius 1 is 1.56 bits per heavy atom. The fraction of sp³-hybridized carbons (Fsp3) is 0.500. The number of rotatable bonds is 6. The summed E-state index contributed by atoms with van der Waals surface area (Å²) in [5, 5.41) is 9.24. The van der Waals surface area contributed by atoms with E-state index in [1.165, 1.54) is 13.0 Å². The van der Waals surface area contributed by atoms with Crippen LogP contribution in [0, 0.1) is 25.2 Å². The zero-order chi connectivity index (χ0) is 18.6. The van der Waals surface area contributed by atoms with Gasteiger partial charge in [-0.1, -0.05) is 0 Å². The third-order valence-corrected chi connectivity index (χ3v) is 4.35. The van der Waals surface area contributed by atoms with Gasteiger partial charge in [0.2, 0.25) is 0 Å². The molecule has 1 aromatic heterocycles. The number of aryl methyl sites for hydroxylation is 1. The molecular weight excluding hydrogens is 322 g/mol. The van der Waals surface area contributed by atoms with E-state index in [0.29, 0.717) is 0 Å². The molecule has 1 aliphatic rings. The van der Waals surface area contributed by atoms with E-state index in [-0.39, 0.29) is 11.7 Å². The summed E-state index contributed by atoms with van der Waals surface area (Å²) in [6.45, 7) is 6.80. The van der Waals surface area contributed by atoms with E-state index in [2.05, 4.69) is 4.57 Å². The van der Waals surface area contributed by atoms with Crippen LogP contribution < -0.4 is 5.73 Å². The number of nitriles is 1. The van der Waals surface area contributed by atoms with E-state index in [9.17, 15) is 14.9 Å². The summed E-state index contributed by atoms with van der Waals surface area (Å²) in [6.07, 6.45) is 2.68. The van der Waals surface area contributed by atoms with E-state index in [1.54, 1.807) is 0 Å². The van der Waals surface area contributed by atoms with Gasteiger partial charge in [-0.25, -0.2) is 4.79 Å². The molecule has 0 radical (unpaired) electrons. The molecule has 25 heavy (non-hydrogen) atoms. The molecule has 0 unspecified atom stereocenters. The van der Waals surface area contributed by atoms with E-state index >= 15 is 0 Å². The average molecular weight is 345 g/mol. The Balaban J connectivity index is 2.21. The molecule has 0 spiro atoms. The smallest absolute Gasteiger partial charge is 0.349 e. The standard InChI is InChI=1S/C18H23N3O4/c1-11-7-14(12(2)21(11)10-16-5-4-6-24-16)8-15(9-19)18(23)25-13(3)17(20)22/h7-8,13,16H,4-6,10H2,1-3H3,(H2,20,22)/b15-8+/t13-,16+/m0/s1. The number of hydrogen-bond acceptors (Lipinski definition) is 5. The van der Waals surface area contributed by atoms with Gasteiger partial charge in [0.1, 0.15) is 11.6 Å². The maximum atomic E-state index is 12.0. The fourth-order valence-corrected chi connectivity index (χ4v) is 2.82. The van der Waals surface area contributed by atoms with Crippen molar-refractivity contribution in [2.45, 2.75) is 52.4 Å². The second-order valence-electron chi connectivity index (χ2n) is 6.19. The number of esters is 1. The van der Waals surface area contributed by atoms with Gasteiger partial charge in [-0.15, -0.1) is 0 Å². The number of ether oxygens (including phenoxy) is 2. The molecule has 2 rings (SSSR count). The number of amides is 1. The maximum absolute atomic E-state index is 12.0. The minimum atomic E-state index is -1.09. The Bertz CT molecular complexity index is 736. The number of aromatic nitrogens is 1. The molecule has 2 heterocycles. The number of hydrogen-bond donors (Lipinski definition) is 1. The molecule has 7 nitrogen and oxygen atoms in total. The molecule has 1 amide bonds. The Morgan fingerprint density at radius 3 is 2.84 bits per heavy atom. The van der Waals surface area contributed by atoms with Gasteiger partial charge in [-0.2, -0.15) is 5.26 Å². The second kappa shape index (κ2) is 7.99. The van der Waals surface area contributed by atoms with E-state index in [0.717, 1.165) is 42.9 Å². The van der Waals surface area contributed by atoms with Crippen LogP contribution in [0.25, 0.3) is 6.08 Å². The van der Waals surface area contributed by atoms with Crippen LogP contribution in [-0.2, 0) is 25.6 Å². The largest absolute Gasteiger partial charge is 0.448 e. The summed E-state index contributed by atoms with van der Waals surface area (Å²) in [7, 11) is 0. The Kier molecular flexibility index (Phi) is 5.99. The van der Waals surface area contributed by atoms with Crippen LogP contribution in [0.1, 0.15) is 36.7 Å². The summed E-state index contributed by atoms with van der Waals surface area (Å²) >= 11 is 0. The van der Waals surface area contributed by atoms with Gasteiger partial charge in [-0.05, 0) is 51.3 Å². The molecule has 1 aromatic rings. The topological polar surface area (TPSA) is 107 Å². The third-order valence-electron chi connectivity index (χ3n) is 4.35. The summed E-state index contributed by atoms with van der Waals surface area (Å²) < 4.78 is 12.7. The van der Waals surface area contributed by atoms with Crippen LogP contribution in [0.5, 0.6) is 0 Å². The van der Waals surface area contributed by atoms with Crippen molar-refractivity contribution in [3.8, 4) is 6.07 Å². The van der Waals surface area contributed by atoms with Crippen molar-refractivity contribution < 1.29 is 19.1 Å². The number of primary amides is 1. The first-order valence-electron chi connectivity index (χ1n) is 8.24. The average Bonchev–Trinajstić information content (AvgIpc) is 3.16. The van der Waals surface area contributed by atoms with Crippen molar-refractivity contribution in [3.63, 3.8) is 0 Å². The molecule has 0 saturated carbocycles. The SMILES string of the molecule is Cc1cc(/C=C(\C#N)C(=O)O[C@@H](C)C(N)=O)c(C)n1C[C@H]1CCCO1. The Hall–Kier alpha value is -2.59. The monoisotopic (exact) mass is 345 g/mol.